The van der Waals surface area contributed by atoms with Gasteiger partial charge in [0.2, 0.25) is 0 Å². The van der Waals surface area contributed by atoms with Gasteiger partial charge in [0.25, 0.3) is 0 Å². The molecule has 1 atom stereocenters. The van der Waals surface area contributed by atoms with E-state index >= 15 is 0 Å². The average Bonchev–Trinajstić information content (AvgIpc) is 2.32. The maximum Gasteiger partial charge on any atom is 0.128 e. The Morgan fingerprint density at radius 1 is 1.30 bits per heavy atom. The fourth-order valence-electron chi connectivity index (χ4n) is 2.95. The van der Waals surface area contributed by atoms with Crippen LogP contribution in [0.25, 0.3) is 0 Å². The summed E-state index contributed by atoms with van der Waals surface area (Å²) in [7, 11) is 0. The van der Waals surface area contributed by atoms with E-state index in [0.29, 0.717) is 6.04 Å². The molecule has 0 saturated carbocycles. The van der Waals surface area contributed by atoms with Crippen LogP contribution < -0.4 is 10.1 Å². The van der Waals surface area contributed by atoms with Crippen LogP contribution in [0.3, 0.4) is 0 Å². The van der Waals surface area contributed by atoms with E-state index in [9.17, 15) is 0 Å². The molecule has 0 radical (unpaired) electrons. The van der Waals surface area contributed by atoms with Crippen LogP contribution in [0.15, 0.2) is 18.2 Å². The molecule has 2 rings (SSSR count). The Labute approximate surface area is 123 Å². The second kappa shape index (κ2) is 5.40. The van der Waals surface area contributed by atoms with Gasteiger partial charge in [-0.25, -0.2) is 0 Å². The Hall–Kier alpha value is -1.02. The van der Waals surface area contributed by atoms with Crippen molar-refractivity contribution in [2.45, 2.75) is 71.4 Å². The summed E-state index contributed by atoms with van der Waals surface area (Å²) in [5.41, 5.74) is 2.63. The van der Waals surface area contributed by atoms with Crippen LogP contribution in [0.2, 0.25) is 0 Å². The van der Waals surface area contributed by atoms with Crippen LogP contribution in [-0.4, -0.2) is 12.1 Å². The number of hydrogen-bond acceptors (Lipinski definition) is 2. The van der Waals surface area contributed by atoms with E-state index in [0.717, 1.165) is 25.1 Å². The van der Waals surface area contributed by atoms with E-state index in [2.05, 4.69) is 65.1 Å². The molecule has 1 N–H and O–H groups in total. The standard InChI is InChI=1S/C18H29NO/c1-7-11-19-15-12-18(5,6)20-16-13(15)9-8-10-14(16)17(2,3)4/h8-10,15,19H,7,11-12H2,1-6H3. The summed E-state index contributed by atoms with van der Waals surface area (Å²) in [5.74, 6) is 1.10. The molecule has 0 amide bonds. The zero-order chi connectivity index (χ0) is 15.0. The second-order valence-electron chi connectivity index (χ2n) is 7.55. The molecule has 1 aromatic rings. The van der Waals surface area contributed by atoms with Crippen LogP contribution in [0.1, 0.15) is 71.6 Å². The van der Waals surface area contributed by atoms with Crippen molar-refractivity contribution in [3.05, 3.63) is 29.3 Å². The minimum Gasteiger partial charge on any atom is -0.487 e. The fourth-order valence-corrected chi connectivity index (χ4v) is 2.95. The second-order valence-corrected chi connectivity index (χ2v) is 7.55. The molecule has 0 spiro atoms. The molecule has 1 aliphatic rings. The molecule has 0 aliphatic carbocycles. The van der Waals surface area contributed by atoms with Gasteiger partial charge in [0.05, 0.1) is 0 Å². The van der Waals surface area contributed by atoms with E-state index in [4.69, 9.17) is 4.74 Å². The highest BCUT2D eigenvalue weighted by Gasteiger charge is 2.36. The molecule has 2 nitrogen and oxygen atoms in total. The summed E-state index contributed by atoms with van der Waals surface area (Å²) in [6.07, 6.45) is 2.18. The number of ether oxygens (including phenoxy) is 1. The highest BCUT2D eigenvalue weighted by molar-refractivity contribution is 5.48. The first-order valence-corrected chi connectivity index (χ1v) is 7.80. The van der Waals surface area contributed by atoms with Gasteiger partial charge in [0.15, 0.2) is 0 Å². The molecule has 1 aliphatic heterocycles. The monoisotopic (exact) mass is 275 g/mol. The Balaban J connectivity index is 2.46. The third kappa shape index (κ3) is 3.17. The van der Waals surface area contributed by atoms with Gasteiger partial charge in [-0.2, -0.15) is 0 Å². The Kier molecular flexibility index (Phi) is 4.15. The first-order chi connectivity index (χ1) is 9.24. The maximum atomic E-state index is 6.35. The Bertz CT molecular complexity index is 471. The minimum atomic E-state index is -0.111. The molecule has 1 heterocycles. The van der Waals surface area contributed by atoms with Gasteiger partial charge in [0.1, 0.15) is 11.4 Å². The van der Waals surface area contributed by atoms with E-state index in [1.54, 1.807) is 0 Å². The number of hydrogen-bond donors (Lipinski definition) is 1. The highest BCUT2D eigenvalue weighted by atomic mass is 16.5. The summed E-state index contributed by atoms with van der Waals surface area (Å²) in [4.78, 5) is 0. The lowest BCUT2D eigenvalue weighted by atomic mass is 9.81. The summed E-state index contributed by atoms with van der Waals surface area (Å²) >= 11 is 0. The first kappa shape index (κ1) is 15.4. The predicted molar refractivity (Wildman–Crippen MR) is 85.5 cm³/mol. The number of para-hydroxylation sites is 1. The normalized spacial score (nSPS) is 21.2. The topological polar surface area (TPSA) is 21.3 Å². The smallest absolute Gasteiger partial charge is 0.128 e. The van der Waals surface area contributed by atoms with Gasteiger partial charge < -0.3 is 10.1 Å². The molecule has 2 heteroatoms. The first-order valence-electron chi connectivity index (χ1n) is 7.80. The highest BCUT2D eigenvalue weighted by Crippen LogP contribution is 2.44. The van der Waals surface area contributed by atoms with Crippen LogP contribution >= 0.6 is 0 Å². The van der Waals surface area contributed by atoms with Crippen molar-refractivity contribution in [1.82, 2.24) is 5.32 Å². The SMILES string of the molecule is CCCNC1CC(C)(C)Oc2c1cccc2C(C)(C)C. The molecular weight excluding hydrogens is 246 g/mol. The van der Waals surface area contributed by atoms with Crippen molar-refractivity contribution in [2.75, 3.05) is 6.54 Å². The van der Waals surface area contributed by atoms with Crippen molar-refractivity contribution in [2.24, 2.45) is 0 Å². The Morgan fingerprint density at radius 3 is 2.60 bits per heavy atom. The van der Waals surface area contributed by atoms with E-state index in [1.165, 1.54) is 11.1 Å². The van der Waals surface area contributed by atoms with Crippen molar-refractivity contribution >= 4 is 0 Å². The Morgan fingerprint density at radius 2 is 2.00 bits per heavy atom. The fraction of sp³-hybridized carbons (Fsp3) is 0.667. The number of nitrogens with one attached hydrogen (secondary N) is 1. The minimum absolute atomic E-state index is 0.105. The molecule has 1 unspecified atom stereocenters. The number of fused-ring (bicyclic) bond motifs is 1. The predicted octanol–water partition coefficient (Wildman–Crippen LogP) is 4.59. The van der Waals surface area contributed by atoms with Gasteiger partial charge in [-0.3, -0.25) is 0 Å². The lowest BCUT2D eigenvalue weighted by Crippen LogP contribution is -2.40. The number of benzene rings is 1. The van der Waals surface area contributed by atoms with Gasteiger partial charge >= 0.3 is 0 Å². The lowest BCUT2D eigenvalue weighted by Gasteiger charge is -2.40. The van der Waals surface area contributed by atoms with Gasteiger partial charge in [-0.05, 0) is 37.8 Å². The quantitative estimate of drug-likeness (QED) is 0.871. The van der Waals surface area contributed by atoms with E-state index < -0.39 is 0 Å². The molecule has 1 aromatic carbocycles. The lowest BCUT2D eigenvalue weighted by molar-refractivity contribution is 0.0637. The zero-order valence-electron chi connectivity index (χ0n) is 13.8. The summed E-state index contributed by atoms with van der Waals surface area (Å²) < 4.78 is 6.35. The molecule has 112 valence electrons. The summed E-state index contributed by atoms with van der Waals surface area (Å²) in [6.45, 7) is 14.4. The summed E-state index contributed by atoms with van der Waals surface area (Å²) in [5, 5.41) is 3.68. The molecule has 0 saturated heterocycles. The maximum absolute atomic E-state index is 6.35. The van der Waals surface area contributed by atoms with Crippen LogP contribution in [0.5, 0.6) is 5.75 Å². The average molecular weight is 275 g/mol. The van der Waals surface area contributed by atoms with Crippen molar-refractivity contribution in [3.8, 4) is 5.75 Å². The molecular formula is C18H29NO. The van der Waals surface area contributed by atoms with Crippen molar-refractivity contribution in [3.63, 3.8) is 0 Å². The summed E-state index contributed by atoms with van der Waals surface area (Å²) in [6, 6.07) is 6.99. The van der Waals surface area contributed by atoms with Gasteiger partial charge in [-0.1, -0.05) is 45.9 Å². The van der Waals surface area contributed by atoms with Crippen LogP contribution in [-0.2, 0) is 5.41 Å². The number of rotatable bonds is 3. The van der Waals surface area contributed by atoms with Crippen molar-refractivity contribution < 1.29 is 4.74 Å². The van der Waals surface area contributed by atoms with Crippen LogP contribution in [0, 0.1) is 0 Å². The zero-order valence-corrected chi connectivity index (χ0v) is 13.8. The third-order valence-corrected chi connectivity index (χ3v) is 3.94. The molecule has 0 fully saturated rings. The van der Waals surface area contributed by atoms with E-state index in [1.807, 2.05) is 0 Å². The molecule has 20 heavy (non-hydrogen) atoms. The molecule has 0 aromatic heterocycles. The largest absolute Gasteiger partial charge is 0.487 e. The van der Waals surface area contributed by atoms with Gasteiger partial charge in [-0.15, -0.1) is 0 Å². The van der Waals surface area contributed by atoms with Gasteiger partial charge in [0, 0.05) is 18.0 Å². The van der Waals surface area contributed by atoms with Crippen molar-refractivity contribution in [1.29, 1.82) is 0 Å². The molecule has 0 bridgehead atoms. The van der Waals surface area contributed by atoms with E-state index in [-0.39, 0.29) is 11.0 Å². The van der Waals surface area contributed by atoms with Crippen LogP contribution in [0.4, 0.5) is 0 Å². The third-order valence-electron chi connectivity index (χ3n) is 3.94.